The number of fused-ring (bicyclic) bond motifs is 1. The van der Waals surface area contributed by atoms with Crippen molar-refractivity contribution in [1.29, 1.82) is 0 Å². The Bertz CT molecular complexity index is 523. The van der Waals surface area contributed by atoms with Crippen molar-refractivity contribution in [3.8, 4) is 0 Å². The molecule has 2 atom stereocenters. The lowest BCUT2D eigenvalue weighted by atomic mass is 9.82. The van der Waals surface area contributed by atoms with E-state index in [4.69, 9.17) is 11.5 Å². The Morgan fingerprint density at radius 1 is 1.24 bits per heavy atom. The summed E-state index contributed by atoms with van der Waals surface area (Å²) in [5.41, 5.74) is 14.4. The van der Waals surface area contributed by atoms with Crippen LogP contribution in [0.5, 0.6) is 0 Å². The van der Waals surface area contributed by atoms with E-state index in [1.807, 2.05) is 24.5 Å². The number of nitrogens with two attached hydrogens (primary N) is 2. The van der Waals surface area contributed by atoms with Gasteiger partial charge in [0, 0.05) is 29.2 Å². The number of hydrogen-bond donors (Lipinski definition) is 2. The van der Waals surface area contributed by atoms with E-state index in [0.29, 0.717) is 11.0 Å². The predicted octanol–water partition coefficient (Wildman–Crippen LogP) is 1.33. The van der Waals surface area contributed by atoms with Gasteiger partial charge < -0.3 is 11.5 Å². The van der Waals surface area contributed by atoms with Gasteiger partial charge in [-0.05, 0) is 30.5 Å². The fourth-order valence-electron chi connectivity index (χ4n) is 2.41. The first kappa shape index (κ1) is 10.7. The Balaban J connectivity index is 1.94. The van der Waals surface area contributed by atoms with Crippen LogP contribution in [0.2, 0.25) is 0 Å². The van der Waals surface area contributed by atoms with Crippen molar-refractivity contribution < 1.29 is 0 Å². The molecule has 4 nitrogen and oxygen atoms in total. The molecule has 88 valence electrons. The van der Waals surface area contributed by atoms with Crippen molar-refractivity contribution in [2.45, 2.75) is 24.8 Å². The molecule has 0 fully saturated rings. The van der Waals surface area contributed by atoms with Crippen molar-refractivity contribution in [1.82, 2.24) is 9.97 Å². The molecule has 2 aromatic rings. The average Bonchev–Trinajstić information content (AvgIpc) is 2.68. The topological polar surface area (TPSA) is 77.8 Å². The quantitative estimate of drug-likeness (QED) is 0.795. The second-order valence-electron chi connectivity index (χ2n) is 4.38. The Morgan fingerprint density at radius 3 is 2.76 bits per heavy atom. The number of aromatic nitrogens is 2. The molecular weight excluding hydrogens is 232 g/mol. The lowest BCUT2D eigenvalue weighted by Crippen LogP contribution is -2.35. The van der Waals surface area contributed by atoms with Gasteiger partial charge in [-0.1, -0.05) is 0 Å². The molecule has 1 aliphatic carbocycles. The Morgan fingerprint density at radius 2 is 2.00 bits per heavy atom. The molecular formula is C12H14N4S. The van der Waals surface area contributed by atoms with Crippen LogP contribution in [0.1, 0.15) is 22.1 Å². The molecule has 0 amide bonds. The van der Waals surface area contributed by atoms with Crippen LogP contribution in [0.25, 0.3) is 0 Å². The van der Waals surface area contributed by atoms with Crippen molar-refractivity contribution in [2.75, 3.05) is 5.73 Å². The molecule has 2 aromatic heterocycles. The SMILES string of the molecule is Nc1nc2c(s1)CC(N)C(c1ccncc1)C2. The fourth-order valence-corrected chi connectivity index (χ4v) is 3.34. The third kappa shape index (κ3) is 1.92. The summed E-state index contributed by atoms with van der Waals surface area (Å²) in [5.74, 6) is 0.326. The molecule has 2 heterocycles. The third-order valence-electron chi connectivity index (χ3n) is 3.28. The summed E-state index contributed by atoms with van der Waals surface area (Å²) in [6.07, 6.45) is 5.38. The maximum atomic E-state index is 6.25. The van der Waals surface area contributed by atoms with Gasteiger partial charge in [0.1, 0.15) is 0 Å². The highest BCUT2D eigenvalue weighted by molar-refractivity contribution is 7.15. The molecule has 0 bridgehead atoms. The molecule has 2 unspecified atom stereocenters. The standard InChI is InChI=1S/C12H14N4S/c13-9-6-11-10(16-12(14)17-11)5-8(9)7-1-3-15-4-2-7/h1-4,8-9H,5-6,13H2,(H2,14,16). The number of nitrogen functional groups attached to an aromatic ring is 1. The molecule has 0 aromatic carbocycles. The number of hydrogen-bond acceptors (Lipinski definition) is 5. The first-order valence-corrected chi connectivity index (χ1v) is 6.45. The van der Waals surface area contributed by atoms with Crippen molar-refractivity contribution >= 4 is 16.5 Å². The van der Waals surface area contributed by atoms with Gasteiger partial charge >= 0.3 is 0 Å². The van der Waals surface area contributed by atoms with Crippen LogP contribution in [0.15, 0.2) is 24.5 Å². The van der Waals surface area contributed by atoms with E-state index in [1.54, 1.807) is 11.3 Å². The molecule has 0 spiro atoms. The summed E-state index contributed by atoms with van der Waals surface area (Å²) in [4.78, 5) is 9.68. The van der Waals surface area contributed by atoms with Gasteiger partial charge in [0.25, 0.3) is 0 Å². The minimum Gasteiger partial charge on any atom is -0.375 e. The van der Waals surface area contributed by atoms with Crippen LogP contribution in [0.3, 0.4) is 0 Å². The lowest BCUT2D eigenvalue weighted by Gasteiger charge is -2.28. The first-order valence-electron chi connectivity index (χ1n) is 5.63. The zero-order chi connectivity index (χ0) is 11.8. The second kappa shape index (κ2) is 4.09. The maximum Gasteiger partial charge on any atom is 0.180 e. The van der Waals surface area contributed by atoms with E-state index in [1.165, 1.54) is 10.4 Å². The Kier molecular flexibility index (Phi) is 2.57. The van der Waals surface area contributed by atoms with E-state index in [-0.39, 0.29) is 6.04 Å². The molecule has 1 aliphatic rings. The van der Waals surface area contributed by atoms with Gasteiger partial charge in [-0.2, -0.15) is 0 Å². The molecule has 0 saturated carbocycles. The van der Waals surface area contributed by atoms with Gasteiger partial charge in [-0.15, -0.1) is 11.3 Å². The van der Waals surface area contributed by atoms with Crippen LogP contribution in [-0.2, 0) is 12.8 Å². The van der Waals surface area contributed by atoms with Crippen LogP contribution in [-0.4, -0.2) is 16.0 Å². The smallest absolute Gasteiger partial charge is 0.180 e. The summed E-state index contributed by atoms with van der Waals surface area (Å²) in [5, 5.41) is 0.651. The average molecular weight is 246 g/mol. The zero-order valence-corrected chi connectivity index (χ0v) is 10.2. The van der Waals surface area contributed by atoms with Crippen LogP contribution in [0.4, 0.5) is 5.13 Å². The number of thiazole rings is 1. The Hall–Kier alpha value is -1.46. The van der Waals surface area contributed by atoms with Crippen molar-refractivity contribution in [2.24, 2.45) is 5.73 Å². The van der Waals surface area contributed by atoms with E-state index in [0.717, 1.165) is 18.5 Å². The minimum atomic E-state index is 0.143. The van der Waals surface area contributed by atoms with Crippen molar-refractivity contribution in [3.63, 3.8) is 0 Å². The van der Waals surface area contributed by atoms with E-state index < -0.39 is 0 Å². The summed E-state index contributed by atoms with van der Waals surface area (Å²) in [6.45, 7) is 0. The number of nitrogens with zero attached hydrogens (tertiary/aromatic N) is 2. The first-order chi connectivity index (χ1) is 8.24. The highest BCUT2D eigenvalue weighted by Gasteiger charge is 2.29. The monoisotopic (exact) mass is 246 g/mol. The summed E-state index contributed by atoms with van der Waals surface area (Å²) in [6, 6.07) is 4.21. The van der Waals surface area contributed by atoms with Crippen molar-refractivity contribution in [3.05, 3.63) is 40.7 Å². The molecule has 4 N–H and O–H groups in total. The fraction of sp³-hybridized carbons (Fsp3) is 0.333. The molecule has 0 aliphatic heterocycles. The molecule has 5 heteroatoms. The number of anilines is 1. The molecule has 0 radical (unpaired) electrons. The third-order valence-corrected chi connectivity index (χ3v) is 4.23. The highest BCUT2D eigenvalue weighted by atomic mass is 32.1. The van der Waals surface area contributed by atoms with Crippen LogP contribution >= 0.6 is 11.3 Å². The van der Waals surface area contributed by atoms with Gasteiger partial charge in [0.15, 0.2) is 5.13 Å². The summed E-state index contributed by atoms with van der Waals surface area (Å²) >= 11 is 1.57. The van der Waals surface area contributed by atoms with Gasteiger partial charge in [-0.25, -0.2) is 4.98 Å². The summed E-state index contributed by atoms with van der Waals surface area (Å²) in [7, 11) is 0. The molecule has 3 rings (SSSR count). The van der Waals surface area contributed by atoms with Gasteiger partial charge in [0.05, 0.1) is 5.69 Å². The molecule has 17 heavy (non-hydrogen) atoms. The van der Waals surface area contributed by atoms with E-state index in [9.17, 15) is 0 Å². The minimum absolute atomic E-state index is 0.143. The zero-order valence-electron chi connectivity index (χ0n) is 9.34. The van der Waals surface area contributed by atoms with Crippen LogP contribution in [0, 0.1) is 0 Å². The van der Waals surface area contributed by atoms with E-state index in [2.05, 4.69) is 9.97 Å². The maximum absolute atomic E-state index is 6.25. The number of pyridine rings is 1. The van der Waals surface area contributed by atoms with Crippen LogP contribution < -0.4 is 11.5 Å². The lowest BCUT2D eigenvalue weighted by molar-refractivity contribution is 0.496. The normalized spacial score (nSPS) is 23.4. The summed E-state index contributed by atoms with van der Waals surface area (Å²) < 4.78 is 0. The second-order valence-corrected chi connectivity index (χ2v) is 5.50. The Labute approximate surface area is 104 Å². The number of rotatable bonds is 1. The van der Waals surface area contributed by atoms with E-state index >= 15 is 0 Å². The van der Waals surface area contributed by atoms with Gasteiger partial charge in [0.2, 0.25) is 0 Å². The molecule has 0 saturated heterocycles. The highest BCUT2D eigenvalue weighted by Crippen LogP contribution is 2.35. The predicted molar refractivity (Wildman–Crippen MR) is 68.9 cm³/mol. The largest absolute Gasteiger partial charge is 0.375 e. The van der Waals surface area contributed by atoms with Gasteiger partial charge in [-0.3, -0.25) is 4.98 Å².